The van der Waals surface area contributed by atoms with Crippen molar-refractivity contribution in [3.63, 3.8) is 0 Å². The molecule has 0 atom stereocenters. The predicted octanol–water partition coefficient (Wildman–Crippen LogP) is 3.77. The van der Waals surface area contributed by atoms with Crippen LogP contribution in [-0.4, -0.2) is 21.5 Å². The Kier molecular flexibility index (Phi) is 4.89. The van der Waals surface area contributed by atoms with Gasteiger partial charge in [-0.25, -0.2) is 0 Å². The van der Waals surface area contributed by atoms with Gasteiger partial charge < -0.3 is 0 Å². The molecule has 19 heavy (non-hydrogen) atoms. The van der Waals surface area contributed by atoms with Crippen molar-refractivity contribution in [1.29, 1.82) is 0 Å². The van der Waals surface area contributed by atoms with Crippen LogP contribution < -0.4 is 0 Å². The lowest BCUT2D eigenvalue weighted by Gasteiger charge is -2.30. The molecule has 0 N–H and O–H groups in total. The first kappa shape index (κ1) is 14.4. The number of benzene rings is 1. The topological polar surface area (TPSA) is 17.8 Å². The van der Waals surface area contributed by atoms with Crippen LogP contribution in [0.3, 0.4) is 0 Å². The Morgan fingerprint density at radius 1 is 1.11 bits per heavy atom. The minimum atomic E-state index is -0.172. The number of aryl methyl sites for hydroxylation is 2. The summed E-state index contributed by atoms with van der Waals surface area (Å²) in [5.41, 5.74) is 2.24. The summed E-state index contributed by atoms with van der Waals surface area (Å²) in [4.78, 5) is 0. The van der Waals surface area contributed by atoms with Gasteiger partial charge in [0.2, 0.25) is 0 Å². The lowest BCUT2D eigenvalue weighted by molar-refractivity contribution is 0.482. The van der Waals surface area contributed by atoms with E-state index in [4.69, 9.17) is 23.2 Å². The second-order valence-electron chi connectivity index (χ2n) is 4.86. The van der Waals surface area contributed by atoms with Crippen LogP contribution in [0.4, 0.5) is 0 Å². The molecule has 4 heteroatoms. The Morgan fingerprint density at radius 2 is 1.79 bits per heavy atom. The van der Waals surface area contributed by atoms with E-state index in [1.165, 1.54) is 11.3 Å². The summed E-state index contributed by atoms with van der Waals surface area (Å²) in [6, 6.07) is 12.3. The molecule has 0 radical (unpaired) electrons. The zero-order valence-corrected chi connectivity index (χ0v) is 12.5. The summed E-state index contributed by atoms with van der Waals surface area (Å²) < 4.78 is 1.90. The Morgan fingerprint density at radius 3 is 2.32 bits per heavy atom. The molecule has 2 aromatic rings. The molecule has 0 fully saturated rings. The molecule has 0 spiro atoms. The second kappa shape index (κ2) is 6.44. The molecule has 1 aromatic heterocycles. The monoisotopic (exact) mass is 296 g/mol. The van der Waals surface area contributed by atoms with Crippen LogP contribution in [0, 0.1) is 0 Å². The van der Waals surface area contributed by atoms with E-state index in [-0.39, 0.29) is 5.41 Å². The Labute approximate surface area is 124 Å². The van der Waals surface area contributed by atoms with Gasteiger partial charge in [0.25, 0.3) is 0 Å². The third-order valence-corrected chi connectivity index (χ3v) is 4.70. The van der Waals surface area contributed by atoms with E-state index in [0.717, 1.165) is 12.8 Å². The first-order valence-electron chi connectivity index (χ1n) is 6.36. The number of aromatic nitrogens is 2. The van der Waals surface area contributed by atoms with Gasteiger partial charge in [-0.05, 0) is 24.5 Å². The van der Waals surface area contributed by atoms with Crippen molar-refractivity contribution in [3.8, 4) is 0 Å². The lowest BCUT2D eigenvalue weighted by Crippen LogP contribution is -2.31. The van der Waals surface area contributed by atoms with Crippen LogP contribution in [0.15, 0.2) is 42.6 Å². The maximum Gasteiger partial charge on any atom is 0.0492 e. The first-order chi connectivity index (χ1) is 9.22. The number of hydrogen-bond donors (Lipinski definition) is 0. The van der Waals surface area contributed by atoms with E-state index < -0.39 is 0 Å². The quantitative estimate of drug-likeness (QED) is 0.742. The van der Waals surface area contributed by atoms with Gasteiger partial charge >= 0.3 is 0 Å². The van der Waals surface area contributed by atoms with Gasteiger partial charge in [-0.3, -0.25) is 4.68 Å². The Hall–Kier alpha value is -0.990. The first-order valence-corrected chi connectivity index (χ1v) is 7.43. The van der Waals surface area contributed by atoms with Crippen LogP contribution >= 0.6 is 23.2 Å². The van der Waals surface area contributed by atoms with E-state index in [9.17, 15) is 0 Å². The molecule has 0 aliphatic heterocycles. The fourth-order valence-corrected chi connectivity index (χ4v) is 3.14. The SMILES string of the molecule is Cn1nccc1CCC(CCl)(CCl)c1ccccc1. The van der Waals surface area contributed by atoms with Gasteiger partial charge in [0.1, 0.15) is 0 Å². The van der Waals surface area contributed by atoms with E-state index >= 15 is 0 Å². The molecule has 2 nitrogen and oxygen atoms in total. The van der Waals surface area contributed by atoms with Crippen LogP contribution in [0.2, 0.25) is 0 Å². The summed E-state index contributed by atoms with van der Waals surface area (Å²) in [6.45, 7) is 0. The molecule has 0 aliphatic rings. The highest BCUT2D eigenvalue weighted by Gasteiger charge is 2.30. The highest BCUT2D eigenvalue weighted by atomic mass is 35.5. The van der Waals surface area contributed by atoms with Crippen LogP contribution in [0.25, 0.3) is 0 Å². The van der Waals surface area contributed by atoms with Crippen molar-refractivity contribution in [2.45, 2.75) is 18.3 Å². The summed E-state index contributed by atoms with van der Waals surface area (Å²) >= 11 is 12.5. The highest BCUT2D eigenvalue weighted by Crippen LogP contribution is 2.32. The van der Waals surface area contributed by atoms with Gasteiger partial charge in [0, 0.05) is 36.1 Å². The predicted molar refractivity (Wildman–Crippen MR) is 81.1 cm³/mol. The van der Waals surface area contributed by atoms with E-state index in [1.54, 1.807) is 0 Å². The molecule has 2 rings (SSSR count). The van der Waals surface area contributed by atoms with Crippen molar-refractivity contribution in [3.05, 3.63) is 53.9 Å². The summed E-state index contributed by atoms with van der Waals surface area (Å²) in [5.74, 6) is 1.05. The van der Waals surface area contributed by atoms with E-state index in [0.29, 0.717) is 11.8 Å². The molecule has 0 unspecified atom stereocenters. The molecule has 1 heterocycles. The molecule has 0 aliphatic carbocycles. The second-order valence-corrected chi connectivity index (χ2v) is 5.39. The number of nitrogens with zero attached hydrogens (tertiary/aromatic N) is 2. The van der Waals surface area contributed by atoms with Crippen molar-refractivity contribution in [1.82, 2.24) is 9.78 Å². The zero-order valence-electron chi connectivity index (χ0n) is 11.0. The average Bonchev–Trinajstić information content (AvgIpc) is 2.87. The molecule has 0 bridgehead atoms. The normalized spacial score (nSPS) is 11.7. The molecular formula is C15H18Cl2N2. The standard InChI is InChI=1S/C15H18Cl2N2/c1-19-14(8-10-18-19)7-9-15(11-16,12-17)13-5-3-2-4-6-13/h2-6,8,10H,7,9,11-12H2,1H3. The molecular weight excluding hydrogens is 279 g/mol. The summed E-state index contributed by atoms with van der Waals surface area (Å²) in [7, 11) is 1.96. The van der Waals surface area contributed by atoms with Crippen molar-refractivity contribution < 1.29 is 0 Å². The molecule has 102 valence electrons. The van der Waals surface area contributed by atoms with E-state index in [1.807, 2.05) is 42.2 Å². The lowest BCUT2D eigenvalue weighted by atomic mass is 9.79. The van der Waals surface area contributed by atoms with Crippen molar-refractivity contribution in [2.75, 3.05) is 11.8 Å². The number of alkyl halides is 2. The average molecular weight is 297 g/mol. The smallest absolute Gasteiger partial charge is 0.0492 e. The number of hydrogen-bond acceptors (Lipinski definition) is 1. The number of rotatable bonds is 6. The molecule has 1 aromatic carbocycles. The maximum absolute atomic E-state index is 6.23. The fraction of sp³-hybridized carbons (Fsp3) is 0.400. The fourth-order valence-electron chi connectivity index (χ4n) is 2.27. The van der Waals surface area contributed by atoms with Gasteiger partial charge in [-0.2, -0.15) is 5.10 Å². The van der Waals surface area contributed by atoms with Crippen molar-refractivity contribution in [2.24, 2.45) is 7.05 Å². The van der Waals surface area contributed by atoms with Crippen molar-refractivity contribution >= 4 is 23.2 Å². The molecule has 0 amide bonds. The zero-order chi connectivity index (χ0) is 13.7. The summed E-state index contributed by atoms with van der Waals surface area (Å²) in [5, 5.41) is 4.19. The summed E-state index contributed by atoms with van der Waals surface area (Å²) in [6.07, 6.45) is 3.66. The Balaban J connectivity index is 2.18. The van der Waals surface area contributed by atoms with Gasteiger partial charge in [0.15, 0.2) is 0 Å². The maximum atomic E-state index is 6.23. The minimum absolute atomic E-state index is 0.172. The molecule has 0 saturated carbocycles. The van der Waals surface area contributed by atoms with E-state index in [2.05, 4.69) is 17.2 Å². The third-order valence-electron chi connectivity index (χ3n) is 3.68. The van der Waals surface area contributed by atoms with Gasteiger partial charge in [0.05, 0.1) is 0 Å². The van der Waals surface area contributed by atoms with Crippen LogP contribution in [0.1, 0.15) is 17.7 Å². The van der Waals surface area contributed by atoms with Crippen LogP contribution in [0.5, 0.6) is 0 Å². The third kappa shape index (κ3) is 3.13. The Bertz CT molecular complexity index is 504. The molecule has 0 saturated heterocycles. The minimum Gasteiger partial charge on any atom is -0.273 e. The largest absolute Gasteiger partial charge is 0.273 e. The van der Waals surface area contributed by atoms with Crippen LogP contribution in [-0.2, 0) is 18.9 Å². The number of halogens is 2. The van der Waals surface area contributed by atoms with Gasteiger partial charge in [-0.1, -0.05) is 30.3 Å². The highest BCUT2D eigenvalue weighted by molar-refractivity contribution is 6.22. The van der Waals surface area contributed by atoms with Gasteiger partial charge in [-0.15, -0.1) is 23.2 Å².